The molecule has 0 aliphatic carbocycles. The molecule has 0 radical (unpaired) electrons. The van der Waals surface area contributed by atoms with Crippen LogP contribution in [0.3, 0.4) is 0 Å². The molecule has 0 rings (SSSR count). The molecular weight excluding hydrogens is 410 g/mol. The summed E-state index contributed by atoms with van der Waals surface area (Å²) in [7, 11) is -11.1. The van der Waals surface area contributed by atoms with Gasteiger partial charge in [-0.3, -0.25) is 18.7 Å². The summed E-state index contributed by atoms with van der Waals surface area (Å²) in [5.74, 6) is 0. The number of hydrogen-bond acceptors (Lipinski definition) is 11. The predicted octanol–water partition coefficient (Wildman–Crippen LogP) is -6.08. The van der Waals surface area contributed by atoms with Crippen LogP contribution in [0, 0.1) is 0 Å². The lowest BCUT2D eigenvalue weighted by Crippen LogP contribution is -2.56. The van der Waals surface area contributed by atoms with Crippen LogP contribution in [0.1, 0.15) is 0 Å². The largest absolute Gasteiger partial charge is 0.394 e. The average Bonchev–Trinajstić information content (AvgIpc) is 2.53. The van der Waals surface area contributed by atoms with E-state index in [1.165, 1.54) is 0 Å². The molecule has 154 valence electrons. The minimum atomic E-state index is -5.55. The van der Waals surface area contributed by atoms with Gasteiger partial charge in [-0.05, 0) is 0 Å². The first-order valence-electron chi connectivity index (χ1n) is 6.41. The molecular formula is C9H18O15P2. The third-order valence-electron chi connectivity index (χ3n) is 3.13. The van der Waals surface area contributed by atoms with Gasteiger partial charge in [0, 0.05) is 0 Å². The molecule has 0 amide bonds. The maximum atomic E-state index is 11.1. The molecule has 0 aromatic carbocycles. The van der Waals surface area contributed by atoms with Gasteiger partial charge in [-0.25, -0.2) is 0 Å². The topological polar surface area (TPSA) is 291 Å². The lowest BCUT2D eigenvalue weighted by Gasteiger charge is -2.31. The van der Waals surface area contributed by atoms with Gasteiger partial charge in [0.05, 0.1) is 0 Å². The van der Waals surface area contributed by atoms with Crippen LogP contribution >= 0.6 is 15.2 Å². The van der Waals surface area contributed by atoms with Crippen LogP contribution in [0.2, 0.25) is 0 Å². The zero-order chi connectivity index (χ0) is 21.2. The van der Waals surface area contributed by atoms with Gasteiger partial charge in [0.25, 0.3) is 11.0 Å². The Hall–Kier alpha value is -0.640. The fourth-order valence-corrected chi connectivity index (χ4v) is 2.61. The van der Waals surface area contributed by atoms with Crippen LogP contribution in [0.4, 0.5) is 0 Å². The van der Waals surface area contributed by atoms with Gasteiger partial charge in [0.15, 0.2) is 12.2 Å². The van der Waals surface area contributed by atoms with E-state index in [2.05, 4.69) is 0 Å². The molecule has 0 aliphatic heterocycles. The Labute approximate surface area is 144 Å². The minimum Gasteiger partial charge on any atom is -0.387 e. The van der Waals surface area contributed by atoms with Crippen molar-refractivity contribution in [2.24, 2.45) is 0 Å². The minimum absolute atomic E-state index is 2.25. The Morgan fingerprint density at radius 2 is 0.692 bits per heavy atom. The summed E-state index contributed by atoms with van der Waals surface area (Å²) in [5, 5.41) is 65.9. The number of carbonyl (C=O) groups excluding carboxylic acids is 2. The highest BCUT2D eigenvalue weighted by molar-refractivity contribution is 7.70. The maximum absolute atomic E-state index is 11.1. The van der Waals surface area contributed by atoms with Gasteiger partial charge in [0.1, 0.15) is 30.5 Å². The van der Waals surface area contributed by atoms with E-state index in [0.717, 1.165) is 0 Å². The van der Waals surface area contributed by atoms with Crippen molar-refractivity contribution in [3.05, 3.63) is 0 Å². The van der Waals surface area contributed by atoms with E-state index in [-0.39, 0.29) is 0 Å². The Bertz CT molecular complexity index is 556. The molecule has 0 saturated carbocycles. The summed E-state index contributed by atoms with van der Waals surface area (Å²) in [6.45, 7) is 0. The molecule has 11 N–H and O–H groups in total. The second-order valence-electron chi connectivity index (χ2n) is 5.11. The Morgan fingerprint density at radius 1 is 0.500 bits per heavy atom. The summed E-state index contributed by atoms with van der Waals surface area (Å²) in [5.41, 5.74) is -4.49. The van der Waals surface area contributed by atoms with E-state index in [0.29, 0.717) is 0 Å². The second-order valence-corrected chi connectivity index (χ2v) is 8.16. The van der Waals surface area contributed by atoms with Gasteiger partial charge in [-0.1, -0.05) is 0 Å². The zero-order valence-electron chi connectivity index (χ0n) is 12.5. The monoisotopic (exact) mass is 428 g/mol. The average molecular weight is 428 g/mol. The van der Waals surface area contributed by atoms with Crippen molar-refractivity contribution in [1.82, 2.24) is 0 Å². The Kier molecular flexibility index (Phi) is 8.81. The zero-order valence-corrected chi connectivity index (χ0v) is 14.3. The summed E-state index contributed by atoms with van der Waals surface area (Å²) in [4.78, 5) is 56.4. The van der Waals surface area contributed by atoms with Crippen molar-refractivity contribution in [2.75, 3.05) is 0 Å². The first kappa shape index (κ1) is 25.4. The van der Waals surface area contributed by atoms with Crippen LogP contribution in [-0.2, 0) is 18.7 Å². The van der Waals surface area contributed by atoms with Gasteiger partial charge in [-0.2, -0.15) is 0 Å². The Balaban J connectivity index is 5.24. The van der Waals surface area contributed by atoms with E-state index in [4.69, 9.17) is 19.6 Å². The van der Waals surface area contributed by atoms with Gasteiger partial charge in [0.2, 0.25) is 0 Å². The van der Waals surface area contributed by atoms with Crippen LogP contribution in [0.25, 0.3) is 0 Å². The molecule has 0 aromatic heterocycles. The van der Waals surface area contributed by atoms with Gasteiger partial charge < -0.3 is 55.3 Å². The van der Waals surface area contributed by atoms with E-state index in [9.17, 15) is 54.5 Å². The van der Waals surface area contributed by atoms with Crippen molar-refractivity contribution in [1.29, 1.82) is 0 Å². The molecule has 0 heterocycles. The summed E-state index contributed by atoms with van der Waals surface area (Å²) < 4.78 is 21.3. The smallest absolute Gasteiger partial charge is 0.387 e. The van der Waals surface area contributed by atoms with Gasteiger partial charge in [-0.15, -0.1) is 0 Å². The van der Waals surface area contributed by atoms with E-state index in [1.54, 1.807) is 0 Å². The van der Waals surface area contributed by atoms with Crippen LogP contribution in [0.5, 0.6) is 0 Å². The lowest BCUT2D eigenvalue weighted by atomic mass is 9.95. The van der Waals surface area contributed by atoms with Crippen LogP contribution < -0.4 is 0 Å². The van der Waals surface area contributed by atoms with Crippen molar-refractivity contribution < 1.29 is 74.0 Å². The molecule has 0 fully saturated rings. The molecule has 0 spiro atoms. The predicted molar refractivity (Wildman–Crippen MR) is 76.1 cm³/mol. The molecule has 26 heavy (non-hydrogen) atoms. The quantitative estimate of drug-likeness (QED) is 0.144. The summed E-state index contributed by atoms with van der Waals surface area (Å²) in [6, 6.07) is 0. The molecule has 0 saturated heterocycles. The second kappa shape index (κ2) is 9.03. The molecule has 15 nitrogen and oxygen atoms in total. The number of carbonyl (C=O) groups is 2. The molecule has 6 atom stereocenters. The number of aliphatic hydroxyl groups is 7. The fourth-order valence-electron chi connectivity index (χ4n) is 1.62. The SMILES string of the molecule is O=C(C(O)C(O)C(O)C(O)C(O)C(O)C(O)C(=O)P(=O)(O)O)P(=O)(O)O. The normalized spacial score (nSPS) is 21.2. The fraction of sp³-hybridized carbons (Fsp3) is 0.778. The number of hydrogen-bond donors (Lipinski definition) is 11. The summed E-state index contributed by atoms with van der Waals surface area (Å²) >= 11 is 0. The summed E-state index contributed by atoms with van der Waals surface area (Å²) in [6.07, 6.45) is -19.8. The number of rotatable bonds is 10. The van der Waals surface area contributed by atoms with Crippen molar-refractivity contribution >= 4 is 26.2 Å². The molecule has 0 bridgehead atoms. The molecule has 17 heteroatoms. The van der Waals surface area contributed by atoms with E-state index in [1.807, 2.05) is 0 Å². The maximum Gasteiger partial charge on any atom is 0.394 e. The lowest BCUT2D eigenvalue weighted by molar-refractivity contribution is -0.170. The number of aliphatic hydroxyl groups excluding tert-OH is 7. The highest BCUT2D eigenvalue weighted by Crippen LogP contribution is 2.39. The standard InChI is InChI=1S/C9H18O15P2/c10-1(2(11)4(13)6(15)8(17)25(19,20)21)3(12)5(14)7(16)9(18)26(22,23)24/h1-7,10-16H,(H2,19,20,21)(H2,22,23,24). The highest BCUT2D eigenvalue weighted by atomic mass is 31.2. The highest BCUT2D eigenvalue weighted by Gasteiger charge is 2.46. The van der Waals surface area contributed by atoms with Crippen molar-refractivity contribution in [3.63, 3.8) is 0 Å². The third-order valence-corrected chi connectivity index (χ3v) is 4.80. The van der Waals surface area contributed by atoms with E-state index >= 15 is 0 Å². The van der Waals surface area contributed by atoms with E-state index < -0.39 is 69.0 Å². The molecule has 0 aliphatic rings. The first-order valence-corrected chi connectivity index (χ1v) is 9.63. The third kappa shape index (κ3) is 6.21. The van der Waals surface area contributed by atoms with Crippen LogP contribution in [-0.4, -0.2) is 109 Å². The van der Waals surface area contributed by atoms with Gasteiger partial charge >= 0.3 is 15.2 Å². The molecule has 6 unspecified atom stereocenters. The van der Waals surface area contributed by atoms with Crippen molar-refractivity contribution in [3.8, 4) is 0 Å². The van der Waals surface area contributed by atoms with Crippen molar-refractivity contribution in [2.45, 2.75) is 42.7 Å². The molecule has 0 aromatic rings. The first-order chi connectivity index (χ1) is 11.4. The Morgan fingerprint density at radius 3 is 0.885 bits per heavy atom. The van der Waals surface area contributed by atoms with Crippen LogP contribution in [0.15, 0.2) is 0 Å².